The summed E-state index contributed by atoms with van der Waals surface area (Å²) in [5.41, 5.74) is 2.52. The number of likely N-dealkylation sites (tertiary alicyclic amines) is 1. The van der Waals surface area contributed by atoms with Crippen LogP contribution >= 0.6 is 24.0 Å². The predicted octanol–water partition coefficient (Wildman–Crippen LogP) is 2.39. The van der Waals surface area contributed by atoms with Gasteiger partial charge in [0, 0.05) is 25.9 Å². The van der Waals surface area contributed by atoms with E-state index >= 15 is 0 Å². The van der Waals surface area contributed by atoms with Crippen molar-refractivity contribution in [2.24, 2.45) is 4.99 Å². The molecule has 1 heterocycles. The Hall–Kier alpha value is -0.870. The Bertz CT molecular complexity index is 671. The molecule has 0 bridgehead atoms. The summed E-state index contributed by atoms with van der Waals surface area (Å²) in [5.74, 6) is 0.917. The van der Waals surface area contributed by atoms with Gasteiger partial charge in [-0.2, -0.15) is 0 Å². The number of sulfone groups is 1. The number of halogens is 1. The number of aliphatic imine (C=N–C) groups is 1. The Labute approximate surface area is 181 Å². The average molecular weight is 508 g/mol. The monoisotopic (exact) mass is 508 g/mol. The molecule has 2 rings (SSSR count). The molecular weight excluding hydrogens is 475 g/mol. The zero-order valence-corrected chi connectivity index (χ0v) is 19.6. The molecule has 0 saturated carbocycles. The van der Waals surface area contributed by atoms with E-state index in [1.165, 1.54) is 43.3 Å². The van der Waals surface area contributed by atoms with E-state index < -0.39 is 9.84 Å². The standard InChI is InChI=1S/C19H32N4O2S.HI/c1-3-20-19(21-11-6-14-26(2,24)25)22-15-17-7-9-18(10-8-17)16-23-12-4-5-13-23;/h7-10H,3-6,11-16H2,1-2H3,(H2,20,21,22);1H. The van der Waals surface area contributed by atoms with E-state index in [1.54, 1.807) is 0 Å². The third kappa shape index (κ3) is 10.3. The van der Waals surface area contributed by atoms with E-state index in [0.29, 0.717) is 19.5 Å². The van der Waals surface area contributed by atoms with Crippen LogP contribution in [0, 0.1) is 0 Å². The first-order valence-corrected chi connectivity index (χ1v) is 11.5. The number of nitrogens with one attached hydrogen (secondary N) is 2. The fraction of sp³-hybridized carbons (Fsp3) is 0.632. The maximum atomic E-state index is 11.2. The molecule has 6 nitrogen and oxygen atoms in total. The number of benzene rings is 1. The molecule has 1 saturated heterocycles. The minimum absolute atomic E-state index is 0. The Morgan fingerprint density at radius 2 is 1.74 bits per heavy atom. The van der Waals surface area contributed by atoms with Crippen molar-refractivity contribution in [2.45, 2.75) is 39.3 Å². The van der Waals surface area contributed by atoms with Gasteiger partial charge in [-0.3, -0.25) is 4.90 Å². The quantitative estimate of drug-likeness (QED) is 0.232. The van der Waals surface area contributed by atoms with E-state index in [2.05, 4.69) is 44.8 Å². The maximum absolute atomic E-state index is 11.2. The van der Waals surface area contributed by atoms with Crippen LogP contribution in [0.3, 0.4) is 0 Å². The second-order valence-electron chi connectivity index (χ2n) is 6.91. The Kier molecular flexibility index (Phi) is 11.2. The molecule has 27 heavy (non-hydrogen) atoms. The molecule has 1 aliphatic heterocycles. The van der Waals surface area contributed by atoms with Crippen molar-refractivity contribution in [2.75, 3.05) is 38.2 Å². The van der Waals surface area contributed by atoms with Crippen molar-refractivity contribution in [3.8, 4) is 0 Å². The number of nitrogens with zero attached hydrogens (tertiary/aromatic N) is 2. The van der Waals surface area contributed by atoms with Crippen LogP contribution < -0.4 is 10.6 Å². The minimum Gasteiger partial charge on any atom is -0.357 e. The van der Waals surface area contributed by atoms with Crippen molar-refractivity contribution < 1.29 is 8.42 Å². The average Bonchev–Trinajstić information content (AvgIpc) is 3.10. The lowest BCUT2D eigenvalue weighted by atomic mass is 10.1. The molecular formula is C19H33IN4O2S. The normalized spacial score (nSPS) is 15.4. The number of guanidine groups is 1. The van der Waals surface area contributed by atoms with Gasteiger partial charge in [-0.25, -0.2) is 13.4 Å². The summed E-state index contributed by atoms with van der Waals surface area (Å²) in [6.07, 6.45) is 4.47. The summed E-state index contributed by atoms with van der Waals surface area (Å²) >= 11 is 0. The fourth-order valence-corrected chi connectivity index (χ4v) is 3.67. The minimum atomic E-state index is -2.91. The maximum Gasteiger partial charge on any atom is 0.191 e. The second-order valence-corrected chi connectivity index (χ2v) is 9.16. The van der Waals surface area contributed by atoms with Gasteiger partial charge in [0.05, 0.1) is 12.3 Å². The lowest BCUT2D eigenvalue weighted by Crippen LogP contribution is -2.38. The smallest absolute Gasteiger partial charge is 0.191 e. The van der Waals surface area contributed by atoms with E-state index in [1.807, 2.05) is 6.92 Å². The lowest BCUT2D eigenvalue weighted by Gasteiger charge is -2.14. The molecule has 0 aliphatic carbocycles. The van der Waals surface area contributed by atoms with Gasteiger partial charge in [0.1, 0.15) is 9.84 Å². The van der Waals surface area contributed by atoms with Gasteiger partial charge >= 0.3 is 0 Å². The largest absolute Gasteiger partial charge is 0.357 e. The first kappa shape index (κ1) is 24.2. The highest BCUT2D eigenvalue weighted by Gasteiger charge is 2.11. The molecule has 1 aliphatic rings. The SMILES string of the molecule is CCNC(=NCc1ccc(CN2CCCC2)cc1)NCCCS(C)(=O)=O.I. The molecule has 0 atom stereocenters. The van der Waals surface area contributed by atoms with Crippen molar-refractivity contribution >= 4 is 39.8 Å². The van der Waals surface area contributed by atoms with E-state index in [-0.39, 0.29) is 29.7 Å². The van der Waals surface area contributed by atoms with Crippen molar-refractivity contribution in [1.82, 2.24) is 15.5 Å². The summed E-state index contributed by atoms with van der Waals surface area (Å²) in [6.45, 7) is 7.44. The first-order chi connectivity index (χ1) is 12.5. The molecule has 0 unspecified atom stereocenters. The molecule has 0 radical (unpaired) electrons. The predicted molar refractivity (Wildman–Crippen MR) is 124 cm³/mol. The van der Waals surface area contributed by atoms with E-state index in [0.717, 1.165) is 19.0 Å². The molecule has 1 aromatic rings. The summed E-state index contributed by atoms with van der Waals surface area (Å²) in [7, 11) is -2.91. The highest BCUT2D eigenvalue weighted by molar-refractivity contribution is 14.0. The Balaban J connectivity index is 0.00000364. The van der Waals surface area contributed by atoms with Gasteiger partial charge in [0.25, 0.3) is 0 Å². The highest BCUT2D eigenvalue weighted by Crippen LogP contribution is 2.13. The molecule has 8 heteroatoms. The molecule has 1 aromatic carbocycles. The molecule has 154 valence electrons. The van der Waals surface area contributed by atoms with Crippen LogP contribution in [0.25, 0.3) is 0 Å². The zero-order valence-electron chi connectivity index (χ0n) is 16.4. The van der Waals surface area contributed by atoms with Crippen LogP contribution in [0.5, 0.6) is 0 Å². The number of hydrogen-bond acceptors (Lipinski definition) is 4. The van der Waals surface area contributed by atoms with Crippen molar-refractivity contribution in [3.63, 3.8) is 0 Å². The van der Waals surface area contributed by atoms with Crippen molar-refractivity contribution in [1.29, 1.82) is 0 Å². The second kappa shape index (κ2) is 12.6. The van der Waals surface area contributed by atoms with Gasteiger partial charge in [0.15, 0.2) is 5.96 Å². The van der Waals surface area contributed by atoms with E-state index in [4.69, 9.17) is 0 Å². The van der Waals surface area contributed by atoms with Gasteiger partial charge in [-0.15, -0.1) is 24.0 Å². The molecule has 0 spiro atoms. The topological polar surface area (TPSA) is 73.8 Å². The Morgan fingerprint density at radius 1 is 1.11 bits per heavy atom. The summed E-state index contributed by atoms with van der Waals surface area (Å²) in [6, 6.07) is 8.66. The van der Waals surface area contributed by atoms with Crippen LogP contribution in [0.4, 0.5) is 0 Å². The molecule has 2 N–H and O–H groups in total. The van der Waals surface area contributed by atoms with Crippen molar-refractivity contribution in [3.05, 3.63) is 35.4 Å². The summed E-state index contributed by atoms with van der Waals surface area (Å²) in [4.78, 5) is 7.08. The van der Waals surface area contributed by atoms with Crippen LogP contribution in [0.2, 0.25) is 0 Å². The third-order valence-corrected chi connectivity index (χ3v) is 5.41. The first-order valence-electron chi connectivity index (χ1n) is 9.46. The molecule has 0 aromatic heterocycles. The van der Waals surface area contributed by atoms with Crippen LogP contribution in [0.15, 0.2) is 29.3 Å². The third-order valence-electron chi connectivity index (χ3n) is 4.38. The highest BCUT2D eigenvalue weighted by atomic mass is 127. The van der Waals surface area contributed by atoms with E-state index in [9.17, 15) is 8.42 Å². The van der Waals surface area contributed by atoms with Gasteiger partial charge in [0.2, 0.25) is 0 Å². The fourth-order valence-electron chi connectivity index (χ4n) is 3.00. The number of rotatable bonds is 9. The summed E-state index contributed by atoms with van der Waals surface area (Å²) < 4.78 is 22.3. The van der Waals surface area contributed by atoms with Gasteiger partial charge in [-0.1, -0.05) is 24.3 Å². The Morgan fingerprint density at radius 3 is 2.33 bits per heavy atom. The molecule has 0 amide bonds. The van der Waals surface area contributed by atoms with Crippen LogP contribution in [-0.4, -0.2) is 57.5 Å². The lowest BCUT2D eigenvalue weighted by molar-refractivity contribution is 0.331. The summed E-state index contributed by atoms with van der Waals surface area (Å²) in [5, 5.41) is 6.38. The van der Waals surface area contributed by atoms with Crippen LogP contribution in [-0.2, 0) is 22.9 Å². The zero-order chi connectivity index (χ0) is 18.8. The van der Waals surface area contributed by atoms with Gasteiger partial charge < -0.3 is 10.6 Å². The van der Waals surface area contributed by atoms with Gasteiger partial charge in [-0.05, 0) is 50.4 Å². The number of hydrogen-bond donors (Lipinski definition) is 2. The molecule has 1 fully saturated rings. The van der Waals surface area contributed by atoms with Crippen LogP contribution in [0.1, 0.15) is 37.3 Å².